The Bertz CT molecular complexity index is 943. The van der Waals surface area contributed by atoms with E-state index in [0.717, 1.165) is 32.1 Å². The number of hydrogen-bond donors (Lipinski definition) is 0. The van der Waals surface area contributed by atoms with E-state index in [1.54, 1.807) is 0 Å². The summed E-state index contributed by atoms with van der Waals surface area (Å²) >= 11 is 0. The number of carbonyl (C=O) groups excluding carboxylic acids is 3. The molecule has 0 bridgehead atoms. The van der Waals surface area contributed by atoms with Crippen molar-refractivity contribution in [2.24, 2.45) is 46.3 Å². The van der Waals surface area contributed by atoms with Gasteiger partial charge in [-0.2, -0.15) is 0 Å². The van der Waals surface area contributed by atoms with E-state index in [1.807, 2.05) is 0 Å². The van der Waals surface area contributed by atoms with Gasteiger partial charge in [0.25, 0.3) is 0 Å². The first-order valence-corrected chi connectivity index (χ1v) is 14.6. The Morgan fingerprint density at radius 1 is 1.12 bits per heavy atom. The highest BCUT2D eigenvalue weighted by Gasteiger charge is 2.63. The van der Waals surface area contributed by atoms with Gasteiger partial charge in [0.1, 0.15) is 18.2 Å². The van der Waals surface area contributed by atoms with Gasteiger partial charge in [-0.05, 0) is 79.4 Å². The molecule has 192 valence electrons. The van der Waals surface area contributed by atoms with Gasteiger partial charge in [0.05, 0.1) is 15.9 Å². The van der Waals surface area contributed by atoms with Crippen molar-refractivity contribution in [3.05, 3.63) is 0 Å². The highest BCUT2D eigenvalue weighted by atomic mass is 32.2. The number of fused-ring (bicyclic) bond motifs is 5. The van der Waals surface area contributed by atoms with E-state index in [0.29, 0.717) is 60.9 Å². The highest BCUT2D eigenvalue weighted by molar-refractivity contribution is 7.85. The summed E-state index contributed by atoms with van der Waals surface area (Å²) in [5.74, 6) is 1.65. The minimum Gasteiger partial charge on any atom is -0.748 e. The molecule has 0 aromatic rings. The summed E-state index contributed by atoms with van der Waals surface area (Å²) in [7, 11) is -4.40. The van der Waals surface area contributed by atoms with Gasteiger partial charge in [-0.15, -0.1) is 0 Å². The largest absolute Gasteiger partial charge is 0.748 e. The van der Waals surface area contributed by atoms with Gasteiger partial charge < -0.3 is 9.29 Å². The third-order valence-corrected chi connectivity index (χ3v) is 11.2. The number of rotatable bonds is 7. The van der Waals surface area contributed by atoms with Crippen molar-refractivity contribution >= 4 is 27.7 Å². The highest BCUT2D eigenvalue weighted by Crippen LogP contribution is 2.67. The smallest absolute Gasteiger partial charge is 0.305 e. The Labute approximate surface area is 203 Å². The Morgan fingerprint density at radius 3 is 2.56 bits per heavy atom. The third-order valence-electron chi connectivity index (χ3n) is 10.5. The van der Waals surface area contributed by atoms with Crippen molar-refractivity contribution in [1.82, 2.24) is 0 Å². The van der Waals surface area contributed by atoms with Crippen molar-refractivity contribution < 1.29 is 32.1 Å². The summed E-state index contributed by atoms with van der Waals surface area (Å²) in [6.45, 7) is 6.21. The van der Waals surface area contributed by atoms with Crippen LogP contribution in [0.5, 0.6) is 0 Å². The van der Waals surface area contributed by atoms with E-state index >= 15 is 0 Å². The molecule has 0 N–H and O–H groups in total. The van der Waals surface area contributed by atoms with E-state index in [4.69, 9.17) is 4.74 Å². The van der Waals surface area contributed by atoms with Crippen molar-refractivity contribution in [2.45, 2.75) is 85.0 Å². The molecule has 0 aromatic heterocycles. The molecule has 0 saturated heterocycles. The van der Waals surface area contributed by atoms with Crippen LogP contribution in [0.2, 0.25) is 0 Å². The van der Waals surface area contributed by atoms with E-state index in [-0.39, 0.29) is 29.1 Å². The number of ketones is 2. The average molecular weight is 496 g/mol. The summed E-state index contributed by atoms with van der Waals surface area (Å²) in [5.41, 5.74) is -0.270. The number of Topliss-reactive ketones (excluding diaryl/α,β-unsaturated/α-hetero) is 2. The molecule has 0 amide bonds. The summed E-state index contributed by atoms with van der Waals surface area (Å²) in [6.07, 6.45) is 7.86. The molecule has 4 fully saturated rings. The summed E-state index contributed by atoms with van der Waals surface area (Å²) in [6, 6.07) is 0. The summed E-state index contributed by atoms with van der Waals surface area (Å²) in [4.78, 5) is 37.9. The van der Waals surface area contributed by atoms with Crippen molar-refractivity contribution in [3.63, 3.8) is 0 Å². The van der Waals surface area contributed by atoms with E-state index in [9.17, 15) is 27.4 Å². The van der Waals surface area contributed by atoms with Gasteiger partial charge in [-0.3, -0.25) is 14.4 Å². The van der Waals surface area contributed by atoms with Crippen LogP contribution in [-0.2, 0) is 29.2 Å². The topological polar surface area (TPSA) is 118 Å². The third kappa shape index (κ3) is 4.61. The lowest BCUT2D eigenvalue weighted by Crippen LogP contribution is -2.57. The molecule has 7 nitrogen and oxygen atoms in total. The molecule has 0 radical (unpaired) electrons. The van der Waals surface area contributed by atoms with Gasteiger partial charge in [-0.1, -0.05) is 20.8 Å². The lowest BCUT2D eigenvalue weighted by Gasteiger charge is -2.59. The van der Waals surface area contributed by atoms with Crippen LogP contribution in [0.1, 0.15) is 85.0 Å². The Hall–Kier alpha value is -1.28. The van der Waals surface area contributed by atoms with Crippen LogP contribution in [0.15, 0.2) is 0 Å². The predicted octanol–water partition coefficient (Wildman–Crippen LogP) is 3.90. The van der Waals surface area contributed by atoms with Crippen molar-refractivity contribution in [2.75, 3.05) is 12.4 Å². The van der Waals surface area contributed by atoms with Crippen LogP contribution in [-0.4, -0.2) is 42.9 Å². The Morgan fingerprint density at radius 2 is 1.85 bits per heavy atom. The maximum absolute atomic E-state index is 13.8. The van der Waals surface area contributed by atoms with E-state index < -0.39 is 28.4 Å². The van der Waals surface area contributed by atoms with E-state index in [1.165, 1.54) is 0 Å². The van der Waals surface area contributed by atoms with Crippen LogP contribution in [0.3, 0.4) is 0 Å². The zero-order valence-corrected chi connectivity index (χ0v) is 21.5. The molecular weight excluding hydrogens is 456 g/mol. The first-order chi connectivity index (χ1) is 15.9. The maximum atomic E-state index is 13.8. The minimum absolute atomic E-state index is 0.0961. The van der Waals surface area contributed by atoms with Crippen molar-refractivity contribution in [1.29, 1.82) is 0 Å². The monoisotopic (exact) mass is 495 g/mol. The van der Waals surface area contributed by atoms with Crippen LogP contribution in [0, 0.1) is 46.3 Å². The second kappa shape index (κ2) is 9.30. The van der Waals surface area contributed by atoms with Crippen molar-refractivity contribution in [3.8, 4) is 0 Å². The summed E-state index contributed by atoms with van der Waals surface area (Å²) in [5, 5.41) is 0. The fourth-order valence-corrected chi connectivity index (χ4v) is 8.86. The maximum Gasteiger partial charge on any atom is 0.305 e. The first-order valence-electron chi connectivity index (χ1n) is 13.0. The molecule has 1 unspecified atom stereocenters. The molecule has 4 saturated carbocycles. The molecule has 0 spiro atoms. The van der Waals surface area contributed by atoms with Crippen LogP contribution >= 0.6 is 0 Å². The molecule has 4 rings (SSSR count). The molecule has 8 atom stereocenters. The quantitative estimate of drug-likeness (QED) is 0.388. The molecule has 4 aliphatic rings. The first kappa shape index (κ1) is 25.8. The number of hydrogen-bond acceptors (Lipinski definition) is 7. The van der Waals surface area contributed by atoms with Crippen LogP contribution in [0.25, 0.3) is 0 Å². The molecule has 0 aliphatic heterocycles. The lowest BCUT2D eigenvalue weighted by atomic mass is 9.44. The van der Waals surface area contributed by atoms with Gasteiger partial charge in [0.15, 0.2) is 0 Å². The second-order valence-corrected chi connectivity index (χ2v) is 13.5. The van der Waals surface area contributed by atoms with E-state index in [2.05, 4.69) is 20.8 Å². The lowest BCUT2D eigenvalue weighted by molar-refractivity contribution is -0.159. The van der Waals surface area contributed by atoms with Gasteiger partial charge in [0.2, 0.25) is 0 Å². The molecule has 34 heavy (non-hydrogen) atoms. The normalized spacial score (nSPS) is 40.8. The number of ether oxygens (including phenoxy) is 1. The molecule has 4 aliphatic carbocycles. The predicted molar refractivity (Wildman–Crippen MR) is 125 cm³/mol. The van der Waals surface area contributed by atoms with Gasteiger partial charge in [0, 0.05) is 31.1 Å². The zero-order valence-electron chi connectivity index (χ0n) is 20.7. The summed E-state index contributed by atoms with van der Waals surface area (Å²) < 4.78 is 36.9. The fraction of sp³-hybridized carbons (Fsp3) is 0.885. The van der Waals surface area contributed by atoms with Crippen LogP contribution in [0.4, 0.5) is 0 Å². The fourth-order valence-electron chi connectivity index (χ4n) is 8.57. The average Bonchev–Trinajstić information content (AvgIpc) is 3.11. The number of carbonyl (C=O) groups is 3. The SMILES string of the molecule is C[C@H](CCC(=O)OCCS(=O)(=O)[O-])[C@H]1CCC2[C@@H]3CC[C@@H]4CC(=O)CC[C@]4(C)[C@H]3CC(=O)[C@@]21C. The molecular formula is C26H39O7S-. The zero-order chi connectivity index (χ0) is 24.9. The Kier molecular flexibility index (Phi) is 7.06. The number of esters is 1. The molecule has 0 aromatic carbocycles. The minimum atomic E-state index is -4.40. The molecule has 0 heterocycles. The van der Waals surface area contributed by atoms with Gasteiger partial charge >= 0.3 is 5.97 Å². The standard InChI is InChI=1S/C26H40O7S/c1-16(4-9-24(29)33-12-13-34(30,31)32)20-7-8-21-19-6-5-17-14-18(27)10-11-25(17,2)22(19)15-23(28)26(20,21)3/h16-17,19-22H,4-15H2,1-3H3,(H,30,31,32)/p-1/t16-,17-,19+,20-,21?,22+,25+,26-/m1/s1. The molecule has 8 heteroatoms. The van der Waals surface area contributed by atoms with Crippen LogP contribution < -0.4 is 0 Å². The Balaban J connectivity index is 1.41. The second-order valence-electron chi connectivity index (χ2n) is 12.0. The van der Waals surface area contributed by atoms with Gasteiger partial charge in [-0.25, -0.2) is 8.42 Å².